The Balaban J connectivity index is 1.91. The Kier molecular flexibility index (Phi) is 6.26. The highest BCUT2D eigenvalue weighted by Gasteiger charge is 2.21. The molecule has 0 unspecified atom stereocenters. The molecule has 7 heteroatoms. The lowest BCUT2D eigenvalue weighted by Gasteiger charge is -2.18. The molecule has 0 aliphatic rings. The molecule has 0 bridgehead atoms. The number of rotatable bonds is 7. The summed E-state index contributed by atoms with van der Waals surface area (Å²) in [5.41, 5.74) is 2.62. The number of methoxy groups -OCH3 is 2. The van der Waals surface area contributed by atoms with Crippen LogP contribution in [0.1, 0.15) is 29.3 Å². The van der Waals surface area contributed by atoms with Gasteiger partial charge in [0.15, 0.2) is 11.5 Å². The van der Waals surface area contributed by atoms with Gasteiger partial charge in [-0.25, -0.2) is 0 Å². The van der Waals surface area contributed by atoms with Crippen molar-refractivity contribution in [1.29, 1.82) is 0 Å². The highest BCUT2D eigenvalue weighted by atomic mass is 32.1. The minimum absolute atomic E-state index is 0.0724. The van der Waals surface area contributed by atoms with Crippen molar-refractivity contribution in [2.45, 2.75) is 20.3 Å². The van der Waals surface area contributed by atoms with Gasteiger partial charge in [-0.2, -0.15) is 0 Å². The molecule has 0 radical (unpaired) electrons. The molecule has 0 atom stereocenters. The second-order valence-electron chi connectivity index (χ2n) is 6.28. The fourth-order valence-electron chi connectivity index (χ4n) is 2.77. The molecule has 0 saturated carbocycles. The van der Waals surface area contributed by atoms with Gasteiger partial charge in [0.2, 0.25) is 5.13 Å². The average Bonchev–Trinajstić information content (AvgIpc) is 3.21. The van der Waals surface area contributed by atoms with Crippen LogP contribution < -0.4 is 14.4 Å². The largest absolute Gasteiger partial charge is 0.493 e. The van der Waals surface area contributed by atoms with Gasteiger partial charge in [-0.3, -0.25) is 9.69 Å². The average molecular weight is 398 g/mol. The van der Waals surface area contributed by atoms with Gasteiger partial charge in [0.1, 0.15) is 5.01 Å². The highest BCUT2D eigenvalue weighted by molar-refractivity contribution is 7.18. The Labute approximate surface area is 168 Å². The highest BCUT2D eigenvalue weighted by Crippen LogP contribution is 2.35. The summed E-state index contributed by atoms with van der Waals surface area (Å²) in [6.07, 6.45) is 0.822. The summed E-state index contributed by atoms with van der Waals surface area (Å²) in [5, 5.41) is 9.86. The van der Waals surface area contributed by atoms with Crippen LogP contribution in [0.25, 0.3) is 10.6 Å². The van der Waals surface area contributed by atoms with E-state index in [1.807, 2.05) is 56.3 Å². The maximum Gasteiger partial charge on any atom is 0.260 e. The maximum absolute atomic E-state index is 13.0. The van der Waals surface area contributed by atoms with Gasteiger partial charge in [0.05, 0.1) is 14.2 Å². The summed E-state index contributed by atoms with van der Waals surface area (Å²) in [7, 11) is 3.19. The van der Waals surface area contributed by atoms with E-state index in [1.165, 1.54) is 11.3 Å². The molecule has 1 aromatic heterocycles. The Hall–Kier alpha value is -2.93. The summed E-state index contributed by atoms with van der Waals surface area (Å²) >= 11 is 1.38. The van der Waals surface area contributed by atoms with Crippen molar-refractivity contribution in [3.05, 3.63) is 53.6 Å². The number of amides is 1. The summed E-state index contributed by atoms with van der Waals surface area (Å²) in [6.45, 7) is 4.61. The molecule has 1 amide bonds. The van der Waals surface area contributed by atoms with E-state index in [-0.39, 0.29) is 5.91 Å². The van der Waals surface area contributed by atoms with Crippen molar-refractivity contribution < 1.29 is 14.3 Å². The third-order valence-corrected chi connectivity index (χ3v) is 5.26. The summed E-state index contributed by atoms with van der Waals surface area (Å²) in [6, 6.07) is 13.1. The lowest BCUT2D eigenvalue weighted by atomic mass is 10.1. The number of aryl methyl sites for hydroxylation is 1. The summed E-state index contributed by atoms with van der Waals surface area (Å²) in [4.78, 5) is 14.7. The quantitative estimate of drug-likeness (QED) is 0.583. The first-order valence-electron chi connectivity index (χ1n) is 9.01. The van der Waals surface area contributed by atoms with Crippen LogP contribution in [-0.2, 0) is 0 Å². The van der Waals surface area contributed by atoms with E-state index in [4.69, 9.17) is 9.47 Å². The normalized spacial score (nSPS) is 10.6. The first-order valence-corrected chi connectivity index (χ1v) is 9.83. The van der Waals surface area contributed by atoms with Gasteiger partial charge >= 0.3 is 0 Å². The van der Waals surface area contributed by atoms with Crippen molar-refractivity contribution in [2.24, 2.45) is 0 Å². The van der Waals surface area contributed by atoms with Crippen LogP contribution in [0.15, 0.2) is 42.5 Å². The van der Waals surface area contributed by atoms with E-state index in [0.29, 0.717) is 33.7 Å². The fourth-order valence-corrected chi connectivity index (χ4v) is 3.64. The molecule has 1 heterocycles. The molecule has 146 valence electrons. The summed E-state index contributed by atoms with van der Waals surface area (Å²) in [5.74, 6) is 1.20. The molecule has 28 heavy (non-hydrogen) atoms. The third kappa shape index (κ3) is 4.14. The molecule has 0 N–H and O–H groups in total. The minimum Gasteiger partial charge on any atom is -0.493 e. The molecule has 3 aromatic rings. The molecule has 6 nitrogen and oxygen atoms in total. The molecule has 0 spiro atoms. The van der Waals surface area contributed by atoms with Crippen LogP contribution in [-0.4, -0.2) is 36.9 Å². The van der Waals surface area contributed by atoms with Crippen molar-refractivity contribution in [3.63, 3.8) is 0 Å². The zero-order chi connectivity index (χ0) is 20.1. The number of benzene rings is 2. The van der Waals surface area contributed by atoms with Crippen molar-refractivity contribution >= 4 is 22.4 Å². The topological polar surface area (TPSA) is 64.6 Å². The number of hydrogen-bond acceptors (Lipinski definition) is 6. The Morgan fingerprint density at radius 3 is 2.39 bits per heavy atom. The van der Waals surface area contributed by atoms with E-state index >= 15 is 0 Å². The first-order chi connectivity index (χ1) is 13.6. The van der Waals surface area contributed by atoms with Crippen LogP contribution >= 0.6 is 11.3 Å². The molecule has 0 aliphatic carbocycles. The smallest absolute Gasteiger partial charge is 0.260 e. The van der Waals surface area contributed by atoms with E-state index in [9.17, 15) is 4.79 Å². The van der Waals surface area contributed by atoms with Gasteiger partial charge in [-0.15, -0.1) is 10.2 Å². The molecule has 3 rings (SSSR count). The Morgan fingerprint density at radius 1 is 1.04 bits per heavy atom. The van der Waals surface area contributed by atoms with Crippen LogP contribution in [0.5, 0.6) is 11.5 Å². The lowest BCUT2D eigenvalue weighted by molar-refractivity contribution is 0.0986. The van der Waals surface area contributed by atoms with Crippen LogP contribution in [0, 0.1) is 6.92 Å². The second-order valence-corrected chi connectivity index (χ2v) is 7.24. The number of aromatic nitrogens is 2. The lowest BCUT2D eigenvalue weighted by Crippen LogP contribution is -2.31. The van der Waals surface area contributed by atoms with Gasteiger partial charge in [-0.05, 0) is 43.7 Å². The molecular formula is C21H23N3O3S. The number of carbonyl (C=O) groups is 1. The number of anilines is 1. The van der Waals surface area contributed by atoms with Gasteiger partial charge in [-0.1, -0.05) is 36.0 Å². The van der Waals surface area contributed by atoms with Crippen LogP contribution in [0.3, 0.4) is 0 Å². The molecule has 0 saturated heterocycles. The van der Waals surface area contributed by atoms with E-state index in [0.717, 1.165) is 17.5 Å². The van der Waals surface area contributed by atoms with Crippen molar-refractivity contribution in [1.82, 2.24) is 10.2 Å². The zero-order valence-corrected chi connectivity index (χ0v) is 17.2. The van der Waals surface area contributed by atoms with Gasteiger partial charge in [0, 0.05) is 17.7 Å². The van der Waals surface area contributed by atoms with Crippen molar-refractivity contribution in [3.8, 4) is 22.1 Å². The number of hydrogen-bond donors (Lipinski definition) is 0. The number of ether oxygens (including phenoxy) is 2. The SMILES string of the molecule is CCCN(C(=O)c1ccc(C)cc1)c1nnc(-c2ccc(OC)c(OC)c2)s1. The molecule has 2 aromatic carbocycles. The molecular weight excluding hydrogens is 374 g/mol. The van der Waals surface area contributed by atoms with Gasteiger partial charge < -0.3 is 9.47 Å². The summed E-state index contributed by atoms with van der Waals surface area (Å²) < 4.78 is 10.6. The van der Waals surface area contributed by atoms with Crippen LogP contribution in [0.4, 0.5) is 5.13 Å². The van der Waals surface area contributed by atoms with E-state index in [2.05, 4.69) is 10.2 Å². The minimum atomic E-state index is -0.0724. The zero-order valence-electron chi connectivity index (χ0n) is 16.4. The van der Waals surface area contributed by atoms with Crippen molar-refractivity contribution in [2.75, 3.05) is 25.7 Å². The third-order valence-electron chi connectivity index (χ3n) is 4.27. The second kappa shape index (κ2) is 8.84. The Morgan fingerprint density at radius 2 is 1.75 bits per heavy atom. The number of carbonyl (C=O) groups excluding carboxylic acids is 1. The standard InChI is InChI=1S/C21H23N3O3S/c1-5-12-24(20(25)15-8-6-14(2)7-9-15)21-23-22-19(28-21)16-10-11-17(26-3)18(13-16)27-4/h6-11,13H,5,12H2,1-4H3. The van der Waals surface area contributed by atoms with E-state index in [1.54, 1.807) is 19.1 Å². The Bertz CT molecular complexity index is 954. The monoisotopic (exact) mass is 397 g/mol. The van der Waals surface area contributed by atoms with Gasteiger partial charge in [0.25, 0.3) is 5.91 Å². The molecule has 0 fully saturated rings. The number of nitrogens with zero attached hydrogens (tertiary/aromatic N) is 3. The fraction of sp³-hybridized carbons (Fsp3) is 0.286. The predicted octanol–water partition coefficient (Wildman–Crippen LogP) is 4.59. The first kappa shape index (κ1) is 19.8. The maximum atomic E-state index is 13.0. The predicted molar refractivity (Wildman–Crippen MR) is 112 cm³/mol. The van der Waals surface area contributed by atoms with E-state index < -0.39 is 0 Å². The van der Waals surface area contributed by atoms with Crippen LogP contribution in [0.2, 0.25) is 0 Å². The molecule has 0 aliphatic heterocycles.